The molecule has 7 heteroatoms. The monoisotopic (exact) mass is 358 g/mol. The van der Waals surface area contributed by atoms with Gasteiger partial charge in [-0.05, 0) is 49.2 Å². The van der Waals surface area contributed by atoms with Crippen molar-refractivity contribution in [2.75, 3.05) is 11.9 Å². The van der Waals surface area contributed by atoms with E-state index in [1.165, 1.54) is 18.4 Å². The highest BCUT2D eigenvalue weighted by Gasteiger charge is 2.13. The molecule has 7 nitrogen and oxygen atoms in total. The largest absolute Gasteiger partial charge is 0.459 e. The van der Waals surface area contributed by atoms with E-state index in [0.717, 1.165) is 12.8 Å². The molecule has 0 aliphatic rings. The Balaban J connectivity index is 1.84. The number of benzene rings is 1. The van der Waals surface area contributed by atoms with Crippen LogP contribution in [0.2, 0.25) is 0 Å². The minimum Gasteiger partial charge on any atom is -0.459 e. The lowest BCUT2D eigenvalue weighted by molar-refractivity contribution is -0.125. The predicted molar refractivity (Wildman–Crippen MR) is 95.9 cm³/mol. The van der Waals surface area contributed by atoms with Crippen LogP contribution in [0.3, 0.4) is 0 Å². The van der Waals surface area contributed by atoms with Crippen LogP contribution < -0.4 is 10.6 Å². The summed E-state index contributed by atoms with van der Waals surface area (Å²) in [6.45, 7) is 3.63. The molecule has 2 aromatic rings. The van der Waals surface area contributed by atoms with Gasteiger partial charge in [0.25, 0.3) is 11.8 Å². The minimum absolute atomic E-state index is 0.0817. The summed E-state index contributed by atoms with van der Waals surface area (Å²) in [5.41, 5.74) is 0.797. The van der Waals surface area contributed by atoms with Crippen molar-refractivity contribution in [1.29, 1.82) is 0 Å². The summed E-state index contributed by atoms with van der Waals surface area (Å²) in [4.78, 5) is 35.6. The molecule has 0 fully saturated rings. The molecule has 0 spiro atoms. The Kier molecular flexibility index (Phi) is 6.96. The van der Waals surface area contributed by atoms with Crippen LogP contribution in [0.4, 0.5) is 5.69 Å². The highest BCUT2D eigenvalue weighted by molar-refractivity contribution is 6.02. The highest BCUT2D eigenvalue weighted by Crippen LogP contribution is 2.12. The fraction of sp³-hybridized carbons (Fsp3) is 0.316. The Morgan fingerprint density at radius 2 is 1.77 bits per heavy atom. The fourth-order valence-corrected chi connectivity index (χ4v) is 2.27. The second kappa shape index (κ2) is 9.41. The Hall–Kier alpha value is -3.09. The first-order chi connectivity index (χ1) is 12.5. The van der Waals surface area contributed by atoms with Crippen molar-refractivity contribution < 1.29 is 23.5 Å². The number of ether oxygens (including phenoxy) is 1. The SMILES string of the molecule is CCC(CC)NC(=O)COC(=O)c1ccc(NC(=O)c2ccco2)cc1. The van der Waals surface area contributed by atoms with Gasteiger partial charge in [-0.1, -0.05) is 13.8 Å². The smallest absolute Gasteiger partial charge is 0.338 e. The van der Waals surface area contributed by atoms with Crippen LogP contribution >= 0.6 is 0 Å². The van der Waals surface area contributed by atoms with Gasteiger partial charge in [-0.3, -0.25) is 9.59 Å². The lowest BCUT2D eigenvalue weighted by Gasteiger charge is -2.14. The third-order valence-corrected chi connectivity index (χ3v) is 3.81. The number of carbonyl (C=O) groups is 3. The van der Waals surface area contributed by atoms with E-state index in [0.29, 0.717) is 5.69 Å². The lowest BCUT2D eigenvalue weighted by atomic mass is 10.2. The van der Waals surface area contributed by atoms with Gasteiger partial charge in [0.05, 0.1) is 11.8 Å². The van der Waals surface area contributed by atoms with E-state index < -0.39 is 5.97 Å². The van der Waals surface area contributed by atoms with Gasteiger partial charge in [0.15, 0.2) is 12.4 Å². The number of furan rings is 1. The van der Waals surface area contributed by atoms with Crippen molar-refractivity contribution >= 4 is 23.5 Å². The van der Waals surface area contributed by atoms with Crippen molar-refractivity contribution in [3.63, 3.8) is 0 Å². The van der Waals surface area contributed by atoms with E-state index in [-0.39, 0.29) is 35.8 Å². The Morgan fingerprint density at radius 3 is 2.35 bits per heavy atom. The molecule has 0 saturated heterocycles. The Labute approximate surface area is 151 Å². The zero-order valence-corrected chi connectivity index (χ0v) is 14.8. The molecule has 2 amide bonds. The summed E-state index contributed by atoms with van der Waals surface area (Å²) in [5, 5.41) is 5.44. The van der Waals surface area contributed by atoms with Crippen molar-refractivity contribution in [2.24, 2.45) is 0 Å². The number of hydrogen-bond donors (Lipinski definition) is 2. The van der Waals surface area contributed by atoms with Crippen molar-refractivity contribution in [3.05, 3.63) is 54.0 Å². The first-order valence-electron chi connectivity index (χ1n) is 8.44. The Morgan fingerprint density at radius 1 is 1.08 bits per heavy atom. The van der Waals surface area contributed by atoms with Gasteiger partial charge in [0.1, 0.15) is 0 Å². The first-order valence-corrected chi connectivity index (χ1v) is 8.44. The summed E-state index contributed by atoms with van der Waals surface area (Å²) in [7, 11) is 0. The molecular formula is C19H22N2O5. The van der Waals surface area contributed by atoms with Gasteiger partial charge in [-0.15, -0.1) is 0 Å². The van der Waals surface area contributed by atoms with Crippen LogP contribution in [0.5, 0.6) is 0 Å². The highest BCUT2D eigenvalue weighted by atomic mass is 16.5. The molecule has 0 bridgehead atoms. The van der Waals surface area contributed by atoms with Gasteiger partial charge in [0, 0.05) is 11.7 Å². The van der Waals surface area contributed by atoms with E-state index in [2.05, 4.69) is 10.6 Å². The maximum Gasteiger partial charge on any atom is 0.338 e. The molecule has 2 N–H and O–H groups in total. The first kappa shape index (κ1) is 19.2. The molecule has 2 rings (SSSR count). The number of hydrogen-bond acceptors (Lipinski definition) is 5. The maximum absolute atomic E-state index is 12.0. The standard InChI is InChI=1S/C19H22N2O5/c1-3-14(4-2)20-17(22)12-26-19(24)13-7-9-15(10-8-13)21-18(23)16-6-5-11-25-16/h5-11,14H,3-4,12H2,1-2H3,(H,20,22)(H,21,23). The molecule has 0 aliphatic heterocycles. The van der Waals surface area contributed by atoms with Crippen LogP contribution in [0.25, 0.3) is 0 Å². The molecule has 138 valence electrons. The molecule has 1 heterocycles. The number of rotatable bonds is 8. The number of anilines is 1. The molecular weight excluding hydrogens is 336 g/mol. The summed E-state index contributed by atoms with van der Waals surface area (Å²) in [6.07, 6.45) is 3.05. The fourth-order valence-electron chi connectivity index (χ4n) is 2.27. The van der Waals surface area contributed by atoms with E-state index >= 15 is 0 Å². The van der Waals surface area contributed by atoms with Crippen LogP contribution in [0, 0.1) is 0 Å². The third kappa shape index (κ3) is 5.47. The van der Waals surface area contributed by atoms with Gasteiger partial charge >= 0.3 is 5.97 Å². The van der Waals surface area contributed by atoms with Crippen molar-refractivity contribution in [2.45, 2.75) is 32.7 Å². The maximum atomic E-state index is 12.0. The van der Waals surface area contributed by atoms with E-state index in [1.54, 1.807) is 24.3 Å². The zero-order chi connectivity index (χ0) is 18.9. The molecule has 0 saturated carbocycles. The van der Waals surface area contributed by atoms with Gasteiger partial charge in [0.2, 0.25) is 0 Å². The molecule has 26 heavy (non-hydrogen) atoms. The average molecular weight is 358 g/mol. The summed E-state index contributed by atoms with van der Waals surface area (Å²) in [6, 6.07) is 9.42. The summed E-state index contributed by atoms with van der Waals surface area (Å²) in [5.74, 6) is -1.12. The normalized spacial score (nSPS) is 10.4. The summed E-state index contributed by atoms with van der Waals surface area (Å²) < 4.78 is 10.0. The average Bonchev–Trinajstić information content (AvgIpc) is 3.19. The van der Waals surface area contributed by atoms with Crippen molar-refractivity contribution in [3.8, 4) is 0 Å². The molecule has 0 radical (unpaired) electrons. The van der Waals surface area contributed by atoms with Crippen LogP contribution in [-0.4, -0.2) is 30.4 Å². The van der Waals surface area contributed by atoms with Crippen LogP contribution in [0.15, 0.2) is 47.1 Å². The van der Waals surface area contributed by atoms with Gasteiger partial charge in [-0.25, -0.2) is 4.79 Å². The van der Waals surface area contributed by atoms with E-state index in [9.17, 15) is 14.4 Å². The summed E-state index contributed by atoms with van der Waals surface area (Å²) >= 11 is 0. The topological polar surface area (TPSA) is 97.6 Å². The van der Waals surface area contributed by atoms with Gasteiger partial charge in [-0.2, -0.15) is 0 Å². The van der Waals surface area contributed by atoms with E-state index in [4.69, 9.17) is 9.15 Å². The second-order valence-electron chi connectivity index (χ2n) is 5.67. The molecule has 1 aromatic carbocycles. The number of nitrogens with one attached hydrogen (secondary N) is 2. The van der Waals surface area contributed by atoms with Crippen molar-refractivity contribution in [1.82, 2.24) is 5.32 Å². The lowest BCUT2D eigenvalue weighted by Crippen LogP contribution is -2.36. The van der Waals surface area contributed by atoms with E-state index in [1.807, 2.05) is 13.8 Å². The Bertz CT molecular complexity index is 734. The quantitative estimate of drug-likeness (QED) is 0.707. The van der Waals surface area contributed by atoms with Crippen LogP contribution in [0.1, 0.15) is 47.6 Å². The predicted octanol–water partition coefficient (Wildman–Crippen LogP) is 2.99. The third-order valence-electron chi connectivity index (χ3n) is 3.81. The number of esters is 1. The molecule has 0 unspecified atom stereocenters. The minimum atomic E-state index is -0.603. The molecule has 0 aliphatic carbocycles. The van der Waals surface area contributed by atoms with Crippen LogP contribution in [-0.2, 0) is 9.53 Å². The zero-order valence-electron chi connectivity index (χ0n) is 14.8. The number of carbonyl (C=O) groups excluding carboxylic acids is 3. The second-order valence-corrected chi connectivity index (χ2v) is 5.67. The van der Waals surface area contributed by atoms with Gasteiger partial charge < -0.3 is 19.8 Å². The molecule has 1 aromatic heterocycles. The molecule has 0 atom stereocenters. The number of amides is 2.